The summed E-state index contributed by atoms with van der Waals surface area (Å²) in [4.78, 5) is 4.31. The molecule has 2 aromatic rings. The zero-order valence-electron chi connectivity index (χ0n) is 8.97. The Morgan fingerprint density at radius 1 is 1.38 bits per heavy atom. The molecule has 0 amide bonds. The van der Waals surface area contributed by atoms with Gasteiger partial charge in [0.1, 0.15) is 0 Å². The van der Waals surface area contributed by atoms with Crippen LogP contribution in [0.15, 0.2) is 18.5 Å². The number of aromatic nitrogens is 3. The van der Waals surface area contributed by atoms with Gasteiger partial charge >= 0.3 is 0 Å². The van der Waals surface area contributed by atoms with Crippen LogP contribution in [0.2, 0.25) is 0 Å². The monoisotopic (exact) mass is 218 g/mol. The Morgan fingerprint density at radius 3 is 3.12 bits per heavy atom. The van der Waals surface area contributed by atoms with Gasteiger partial charge in [-0.25, -0.2) is 9.67 Å². The molecule has 16 heavy (non-hydrogen) atoms. The predicted octanol–water partition coefficient (Wildman–Crippen LogP) is 1.71. The Labute approximate surface area is 93.2 Å². The van der Waals surface area contributed by atoms with E-state index in [2.05, 4.69) is 10.1 Å². The van der Waals surface area contributed by atoms with E-state index < -0.39 is 0 Å². The van der Waals surface area contributed by atoms with Gasteiger partial charge in [-0.3, -0.25) is 0 Å². The van der Waals surface area contributed by atoms with Gasteiger partial charge in [0.2, 0.25) is 0 Å². The first-order valence-corrected chi connectivity index (χ1v) is 5.55. The molecule has 84 valence electrons. The van der Waals surface area contributed by atoms with Crippen LogP contribution in [0.5, 0.6) is 0 Å². The first-order valence-electron chi connectivity index (χ1n) is 5.55. The molecule has 2 N–H and O–H groups in total. The molecular weight excluding hydrogens is 204 g/mol. The zero-order valence-corrected chi connectivity index (χ0v) is 8.97. The zero-order chi connectivity index (χ0) is 11.0. The van der Waals surface area contributed by atoms with E-state index >= 15 is 0 Å². The van der Waals surface area contributed by atoms with Gasteiger partial charge in [-0.2, -0.15) is 5.10 Å². The lowest BCUT2D eigenvalue weighted by Crippen LogP contribution is -2.19. The van der Waals surface area contributed by atoms with E-state index in [4.69, 9.17) is 10.5 Å². The van der Waals surface area contributed by atoms with E-state index in [9.17, 15) is 0 Å². The highest BCUT2D eigenvalue weighted by molar-refractivity contribution is 5.77. The molecule has 3 heterocycles. The minimum absolute atomic E-state index is 0.0300. The summed E-state index contributed by atoms with van der Waals surface area (Å²) >= 11 is 0. The standard InChI is InChI=1S/C11H14N4O/c12-9-5-8-6-14-15(11(8)13-7-9)10-3-1-2-4-16-10/h5-7,10H,1-4,12H2/t10-/m0/s1. The fourth-order valence-corrected chi connectivity index (χ4v) is 2.08. The van der Waals surface area contributed by atoms with Crippen LogP contribution < -0.4 is 5.73 Å². The van der Waals surface area contributed by atoms with E-state index in [0.29, 0.717) is 5.69 Å². The molecule has 5 heteroatoms. The molecule has 0 unspecified atom stereocenters. The van der Waals surface area contributed by atoms with Crippen molar-refractivity contribution in [3.63, 3.8) is 0 Å². The minimum Gasteiger partial charge on any atom is -0.397 e. The van der Waals surface area contributed by atoms with E-state index in [0.717, 1.165) is 30.5 Å². The van der Waals surface area contributed by atoms with Crippen LogP contribution in [0.3, 0.4) is 0 Å². The van der Waals surface area contributed by atoms with Crippen molar-refractivity contribution in [1.82, 2.24) is 14.8 Å². The minimum atomic E-state index is 0.0300. The first-order chi connectivity index (χ1) is 7.84. The smallest absolute Gasteiger partial charge is 0.160 e. The van der Waals surface area contributed by atoms with Gasteiger partial charge < -0.3 is 10.5 Å². The SMILES string of the molecule is Nc1cnc2c(cnn2[C@@H]2CCCCO2)c1. The van der Waals surface area contributed by atoms with Gasteiger partial charge in [0.15, 0.2) is 11.9 Å². The van der Waals surface area contributed by atoms with E-state index in [1.807, 2.05) is 10.7 Å². The molecule has 1 saturated heterocycles. The second-order valence-corrected chi connectivity index (χ2v) is 4.09. The Bertz CT molecular complexity index is 502. The third-order valence-corrected chi connectivity index (χ3v) is 2.88. The van der Waals surface area contributed by atoms with E-state index in [1.165, 1.54) is 6.42 Å². The molecule has 2 aromatic heterocycles. The normalized spacial score (nSPS) is 21.4. The number of nitrogens with zero attached hydrogens (tertiary/aromatic N) is 3. The summed E-state index contributed by atoms with van der Waals surface area (Å²) in [5.74, 6) is 0. The Kier molecular flexibility index (Phi) is 2.25. The Balaban J connectivity index is 2.03. The average molecular weight is 218 g/mol. The highest BCUT2D eigenvalue weighted by Crippen LogP contribution is 2.25. The number of pyridine rings is 1. The maximum absolute atomic E-state index is 5.69. The van der Waals surface area contributed by atoms with Gasteiger partial charge in [-0.1, -0.05) is 0 Å². The number of anilines is 1. The second-order valence-electron chi connectivity index (χ2n) is 4.09. The van der Waals surface area contributed by atoms with E-state index in [1.54, 1.807) is 12.4 Å². The highest BCUT2D eigenvalue weighted by atomic mass is 16.5. The van der Waals surface area contributed by atoms with Crippen molar-refractivity contribution in [3.8, 4) is 0 Å². The quantitative estimate of drug-likeness (QED) is 0.791. The lowest BCUT2D eigenvalue weighted by molar-refractivity contribution is -0.0370. The maximum atomic E-state index is 5.69. The van der Waals surface area contributed by atoms with Gasteiger partial charge in [-0.05, 0) is 25.3 Å². The van der Waals surface area contributed by atoms with Crippen LogP contribution >= 0.6 is 0 Å². The Morgan fingerprint density at radius 2 is 2.31 bits per heavy atom. The van der Waals surface area contributed by atoms with Crippen LogP contribution in [0.4, 0.5) is 5.69 Å². The summed E-state index contributed by atoms with van der Waals surface area (Å²) in [6.07, 6.45) is 6.79. The number of fused-ring (bicyclic) bond motifs is 1. The molecule has 1 aliphatic rings. The molecule has 0 spiro atoms. The predicted molar refractivity (Wildman–Crippen MR) is 60.8 cm³/mol. The third-order valence-electron chi connectivity index (χ3n) is 2.88. The molecule has 0 radical (unpaired) electrons. The van der Waals surface area contributed by atoms with Crippen molar-refractivity contribution < 1.29 is 4.74 Å². The van der Waals surface area contributed by atoms with Gasteiger partial charge in [0.05, 0.1) is 18.1 Å². The van der Waals surface area contributed by atoms with Crippen molar-refractivity contribution in [2.45, 2.75) is 25.5 Å². The fourth-order valence-electron chi connectivity index (χ4n) is 2.08. The van der Waals surface area contributed by atoms with E-state index in [-0.39, 0.29) is 6.23 Å². The van der Waals surface area contributed by atoms with Crippen molar-refractivity contribution in [1.29, 1.82) is 0 Å². The molecule has 1 aliphatic heterocycles. The summed E-state index contributed by atoms with van der Waals surface area (Å²) in [7, 11) is 0. The van der Waals surface area contributed by atoms with Crippen LogP contribution in [-0.4, -0.2) is 21.4 Å². The Hall–Kier alpha value is -1.62. The molecule has 0 aliphatic carbocycles. The summed E-state index contributed by atoms with van der Waals surface area (Å²) in [6.45, 7) is 0.807. The fraction of sp³-hybridized carbons (Fsp3) is 0.455. The third kappa shape index (κ3) is 1.53. The average Bonchev–Trinajstić information content (AvgIpc) is 2.73. The summed E-state index contributed by atoms with van der Waals surface area (Å²) in [6, 6.07) is 1.88. The number of hydrogen-bond acceptors (Lipinski definition) is 4. The van der Waals surface area contributed by atoms with Crippen molar-refractivity contribution in [2.75, 3.05) is 12.3 Å². The van der Waals surface area contributed by atoms with Crippen LogP contribution in [0.25, 0.3) is 11.0 Å². The maximum Gasteiger partial charge on any atom is 0.160 e. The number of nitrogen functional groups attached to an aromatic ring is 1. The molecule has 3 rings (SSSR count). The first kappa shape index (κ1) is 9.59. The molecule has 1 fully saturated rings. The van der Waals surface area contributed by atoms with Gasteiger partial charge in [0.25, 0.3) is 0 Å². The van der Waals surface area contributed by atoms with Crippen LogP contribution in [-0.2, 0) is 4.74 Å². The lowest BCUT2D eigenvalue weighted by Gasteiger charge is -2.22. The van der Waals surface area contributed by atoms with Crippen LogP contribution in [0, 0.1) is 0 Å². The largest absolute Gasteiger partial charge is 0.397 e. The van der Waals surface area contributed by atoms with Crippen molar-refractivity contribution >= 4 is 16.7 Å². The molecule has 0 aromatic carbocycles. The molecule has 5 nitrogen and oxygen atoms in total. The number of rotatable bonds is 1. The van der Waals surface area contributed by atoms with Crippen molar-refractivity contribution in [3.05, 3.63) is 18.5 Å². The molecular formula is C11H14N4O. The van der Waals surface area contributed by atoms with Gasteiger partial charge in [0, 0.05) is 12.0 Å². The molecule has 1 atom stereocenters. The number of ether oxygens (including phenoxy) is 1. The van der Waals surface area contributed by atoms with Gasteiger partial charge in [-0.15, -0.1) is 0 Å². The van der Waals surface area contributed by atoms with Crippen molar-refractivity contribution in [2.24, 2.45) is 0 Å². The number of hydrogen-bond donors (Lipinski definition) is 1. The number of nitrogens with two attached hydrogens (primary N) is 1. The topological polar surface area (TPSA) is 66.0 Å². The second kappa shape index (κ2) is 3.75. The summed E-state index contributed by atoms with van der Waals surface area (Å²) in [5, 5.41) is 5.30. The lowest BCUT2D eigenvalue weighted by atomic mass is 10.2. The van der Waals surface area contributed by atoms with Crippen LogP contribution in [0.1, 0.15) is 25.5 Å². The summed E-state index contributed by atoms with van der Waals surface area (Å²) in [5.41, 5.74) is 7.19. The molecule has 0 bridgehead atoms. The molecule has 0 saturated carbocycles. The summed E-state index contributed by atoms with van der Waals surface area (Å²) < 4.78 is 7.54. The highest BCUT2D eigenvalue weighted by Gasteiger charge is 2.18.